The first-order valence-electron chi connectivity index (χ1n) is 9.57. The number of nitro benzene ring substituents is 2. The Labute approximate surface area is 168 Å². The predicted molar refractivity (Wildman–Crippen MR) is 103 cm³/mol. The van der Waals surface area contributed by atoms with E-state index in [1.807, 2.05) is 0 Å². The summed E-state index contributed by atoms with van der Waals surface area (Å²) in [6, 6.07) is 3.01. The summed E-state index contributed by atoms with van der Waals surface area (Å²) in [6.45, 7) is 2.09. The maximum Gasteiger partial charge on any atom is 0.306 e. The molecule has 0 bridgehead atoms. The molecule has 0 radical (unpaired) electrons. The number of esters is 2. The molecule has 0 saturated heterocycles. The van der Waals surface area contributed by atoms with Gasteiger partial charge in [0.15, 0.2) is 0 Å². The third kappa shape index (κ3) is 10.2. The van der Waals surface area contributed by atoms with E-state index in [-0.39, 0.29) is 25.0 Å². The van der Waals surface area contributed by atoms with Gasteiger partial charge in [-0.1, -0.05) is 39.0 Å². The van der Waals surface area contributed by atoms with Crippen molar-refractivity contribution in [3.05, 3.63) is 44.0 Å². The maximum atomic E-state index is 11.7. The number of rotatable bonds is 14. The Kier molecular flexibility index (Phi) is 10.9. The number of nitro groups is 2. The van der Waals surface area contributed by atoms with Crippen molar-refractivity contribution in [1.82, 2.24) is 0 Å². The van der Waals surface area contributed by atoms with Gasteiger partial charge in [-0.05, 0) is 6.42 Å². The van der Waals surface area contributed by atoms with E-state index >= 15 is 0 Å². The summed E-state index contributed by atoms with van der Waals surface area (Å²) in [6.07, 6.45) is 6.08. The van der Waals surface area contributed by atoms with Crippen molar-refractivity contribution < 1.29 is 28.9 Å². The van der Waals surface area contributed by atoms with Crippen LogP contribution in [0.25, 0.3) is 0 Å². The molecule has 10 nitrogen and oxygen atoms in total. The van der Waals surface area contributed by atoms with Crippen LogP contribution in [-0.4, -0.2) is 28.4 Å². The van der Waals surface area contributed by atoms with Gasteiger partial charge in [0, 0.05) is 17.7 Å². The van der Waals surface area contributed by atoms with Crippen LogP contribution in [0.2, 0.25) is 0 Å². The third-order valence-corrected chi connectivity index (χ3v) is 4.08. The Morgan fingerprint density at radius 3 is 1.90 bits per heavy atom. The maximum absolute atomic E-state index is 11.7. The molecule has 10 heteroatoms. The molecule has 0 unspecified atom stereocenters. The van der Waals surface area contributed by atoms with Crippen LogP contribution < -0.4 is 0 Å². The van der Waals surface area contributed by atoms with Gasteiger partial charge in [0.05, 0.1) is 35.4 Å². The summed E-state index contributed by atoms with van der Waals surface area (Å²) < 4.78 is 9.99. The first-order chi connectivity index (χ1) is 13.8. The number of hydrogen-bond acceptors (Lipinski definition) is 8. The minimum absolute atomic E-state index is 0.116. The number of non-ortho nitro benzene ring substituents is 2. The molecular formula is C19H26N2O8. The average molecular weight is 410 g/mol. The molecule has 0 aliphatic rings. The molecule has 1 aromatic carbocycles. The first kappa shape index (κ1) is 24.0. The molecule has 0 aromatic heterocycles. The molecule has 29 heavy (non-hydrogen) atoms. The van der Waals surface area contributed by atoms with E-state index in [0.29, 0.717) is 6.61 Å². The first-order valence-corrected chi connectivity index (χ1v) is 9.57. The summed E-state index contributed by atoms with van der Waals surface area (Å²) in [5, 5.41) is 21.7. The molecular weight excluding hydrogens is 384 g/mol. The van der Waals surface area contributed by atoms with Gasteiger partial charge < -0.3 is 9.47 Å². The Morgan fingerprint density at radius 2 is 1.34 bits per heavy atom. The largest absolute Gasteiger partial charge is 0.466 e. The number of carbonyl (C=O) groups is 2. The molecule has 1 aromatic rings. The molecule has 1 rings (SSSR count). The van der Waals surface area contributed by atoms with Crippen molar-refractivity contribution in [2.24, 2.45) is 0 Å². The second-order valence-electron chi connectivity index (χ2n) is 6.52. The second kappa shape index (κ2) is 13.2. The molecule has 0 aliphatic heterocycles. The van der Waals surface area contributed by atoms with Crippen LogP contribution >= 0.6 is 0 Å². The van der Waals surface area contributed by atoms with Gasteiger partial charge >= 0.3 is 11.9 Å². The van der Waals surface area contributed by atoms with Gasteiger partial charge in [-0.3, -0.25) is 29.8 Å². The smallest absolute Gasteiger partial charge is 0.306 e. The number of ether oxygens (including phenoxy) is 2. The molecule has 0 amide bonds. The lowest BCUT2D eigenvalue weighted by Crippen LogP contribution is -2.11. The number of benzene rings is 1. The Hall–Kier alpha value is -3.04. The highest BCUT2D eigenvalue weighted by Crippen LogP contribution is 2.23. The third-order valence-electron chi connectivity index (χ3n) is 4.08. The van der Waals surface area contributed by atoms with Crippen molar-refractivity contribution in [3.63, 3.8) is 0 Å². The van der Waals surface area contributed by atoms with E-state index in [1.165, 1.54) is 19.3 Å². The van der Waals surface area contributed by atoms with Crippen LogP contribution in [0.3, 0.4) is 0 Å². The highest BCUT2D eigenvalue weighted by Gasteiger charge is 2.17. The average Bonchev–Trinajstić information content (AvgIpc) is 2.69. The molecule has 0 saturated carbocycles. The summed E-state index contributed by atoms with van der Waals surface area (Å²) in [7, 11) is 0. The fraction of sp³-hybridized carbons (Fsp3) is 0.579. The number of hydrogen-bond donors (Lipinski definition) is 0. The fourth-order valence-corrected chi connectivity index (χ4v) is 2.53. The zero-order valence-corrected chi connectivity index (χ0v) is 16.5. The van der Waals surface area contributed by atoms with Crippen molar-refractivity contribution in [3.8, 4) is 0 Å². The second-order valence-corrected chi connectivity index (χ2v) is 6.52. The van der Waals surface area contributed by atoms with Crippen LogP contribution in [-0.2, 0) is 25.7 Å². The number of carbonyl (C=O) groups excluding carboxylic acids is 2. The van der Waals surface area contributed by atoms with Crippen molar-refractivity contribution >= 4 is 23.3 Å². The summed E-state index contributed by atoms with van der Waals surface area (Å²) in [4.78, 5) is 43.5. The van der Waals surface area contributed by atoms with E-state index < -0.39 is 33.2 Å². The van der Waals surface area contributed by atoms with Gasteiger partial charge in [0.1, 0.15) is 6.61 Å². The van der Waals surface area contributed by atoms with Crippen LogP contribution in [0.5, 0.6) is 0 Å². The van der Waals surface area contributed by atoms with Gasteiger partial charge in [0.2, 0.25) is 0 Å². The monoisotopic (exact) mass is 410 g/mol. The molecule has 0 N–H and O–H groups in total. The molecule has 160 valence electrons. The lowest BCUT2D eigenvalue weighted by molar-refractivity contribution is -0.394. The van der Waals surface area contributed by atoms with Crippen molar-refractivity contribution in [1.29, 1.82) is 0 Å². The van der Waals surface area contributed by atoms with Crippen LogP contribution in [0.4, 0.5) is 11.4 Å². The van der Waals surface area contributed by atoms with Crippen molar-refractivity contribution in [2.45, 2.75) is 64.9 Å². The lowest BCUT2D eigenvalue weighted by Gasteiger charge is -2.06. The highest BCUT2D eigenvalue weighted by atomic mass is 16.6. The van der Waals surface area contributed by atoms with E-state index in [1.54, 1.807) is 0 Å². The zero-order valence-electron chi connectivity index (χ0n) is 16.5. The lowest BCUT2D eigenvalue weighted by atomic mass is 10.1. The molecule has 0 aliphatic carbocycles. The number of nitrogens with zero attached hydrogens (tertiary/aromatic N) is 2. The summed E-state index contributed by atoms with van der Waals surface area (Å²) in [5.41, 5.74) is -0.822. The van der Waals surface area contributed by atoms with Crippen molar-refractivity contribution in [2.75, 3.05) is 6.61 Å². The van der Waals surface area contributed by atoms with E-state index in [4.69, 9.17) is 9.47 Å². The van der Waals surface area contributed by atoms with Gasteiger partial charge in [-0.2, -0.15) is 0 Å². The minimum atomic E-state index is -0.766. The topological polar surface area (TPSA) is 139 Å². The van der Waals surface area contributed by atoms with Gasteiger partial charge in [-0.25, -0.2) is 0 Å². The quantitative estimate of drug-likeness (QED) is 0.192. The minimum Gasteiger partial charge on any atom is -0.466 e. The van der Waals surface area contributed by atoms with Crippen LogP contribution in [0.1, 0.15) is 63.9 Å². The summed E-state index contributed by atoms with van der Waals surface area (Å²) in [5.74, 6) is -1.20. The van der Waals surface area contributed by atoms with E-state index in [0.717, 1.165) is 37.5 Å². The van der Waals surface area contributed by atoms with Crippen LogP contribution in [0.15, 0.2) is 18.2 Å². The SMILES string of the molecule is CCCCCCCCOC(=O)CCC(=O)OCc1cc([N+](=O)[O-])cc([N+](=O)[O-])c1. The number of unbranched alkanes of at least 4 members (excludes halogenated alkanes) is 5. The fourth-order valence-electron chi connectivity index (χ4n) is 2.53. The summed E-state index contributed by atoms with van der Waals surface area (Å²) >= 11 is 0. The normalized spacial score (nSPS) is 10.4. The molecule has 0 heterocycles. The molecule has 0 fully saturated rings. The molecule has 0 atom stereocenters. The van der Waals surface area contributed by atoms with Gasteiger partial charge in [0.25, 0.3) is 11.4 Å². The standard InChI is InChI=1S/C19H26N2O8/c1-2-3-4-5-6-7-10-28-18(22)8-9-19(23)29-14-15-11-16(20(24)25)13-17(12-15)21(26)27/h11-13H,2-10,14H2,1H3. The van der Waals surface area contributed by atoms with Gasteiger partial charge in [-0.15, -0.1) is 0 Å². The van der Waals surface area contributed by atoms with E-state index in [2.05, 4.69) is 6.92 Å². The van der Waals surface area contributed by atoms with E-state index in [9.17, 15) is 29.8 Å². The zero-order chi connectivity index (χ0) is 21.6. The Morgan fingerprint density at radius 1 is 0.828 bits per heavy atom. The Bertz CT molecular complexity index is 688. The molecule has 0 spiro atoms. The highest BCUT2D eigenvalue weighted by molar-refractivity contribution is 5.77. The van der Waals surface area contributed by atoms with Crippen LogP contribution in [0, 0.1) is 20.2 Å². The predicted octanol–water partition coefficient (Wildman–Crippen LogP) is 4.23. The Balaban J connectivity index is 2.32.